The van der Waals surface area contributed by atoms with Crippen LogP contribution in [0.3, 0.4) is 0 Å². The maximum Gasteiger partial charge on any atom is 0.439 e. The summed E-state index contributed by atoms with van der Waals surface area (Å²) < 4.78 is 12.6. The lowest BCUT2D eigenvalue weighted by atomic mass is 9.87. The van der Waals surface area contributed by atoms with Crippen molar-refractivity contribution in [2.45, 2.75) is 38.8 Å². The maximum atomic E-state index is 11.2. The van der Waals surface area contributed by atoms with Gasteiger partial charge in [0.05, 0.1) is 11.7 Å². The molecule has 1 aliphatic rings. The minimum Gasteiger partial charge on any atom is -0.356 e. The number of nitrogens with zero attached hydrogens (tertiary/aromatic N) is 3. The van der Waals surface area contributed by atoms with Crippen LogP contribution in [-0.4, -0.2) is 26.5 Å². The van der Waals surface area contributed by atoms with Crippen LogP contribution in [0.4, 0.5) is 0 Å². The number of rotatable bonds is 7. The second-order valence-corrected chi connectivity index (χ2v) is 9.69. The van der Waals surface area contributed by atoms with E-state index in [9.17, 15) is 4.79 Å². The molecule has 1 saturated heterocycles. The largest absolute Gasteiger partial charge is 0.439 e. The van der Waals surface area contributed by atoms with Gasteiger partial charge in [0.1, 0.15) is 0 Å². The zero-order valence-corrected chi connectivity index (χ0v) is 21.8. The van der Waals surface area contributed by atoms with Gasteiger partial charge in [-0.1, -0.05) is 78.8 Å². The van der Waals surface area contributed by atoms with Crippen LogP contribution in [0.2, 0.25) is 0 Å². The van der Waals surface area contributed by atoms with Gasteiger partial charge in [-0.2, -0.15) is 5.10 Å². The van der Waals surface area contributed by atoms with Crippen LogP contribution in [0.25, 0.3) is 34.2 Å². The van der Waals surface area contributed by atoms with Crippen molar-refractivity contribution < 1.29 is 9.26 Å². The topological polar surface area (TPSA) is 85.9 Å². The minimum atomic E-state index is -0.568. The van der Waals surface area contributed by atoms with Crippen LogP contribution < -0.4 is 5.76 Å². The van der Waals surface area contributed by atoms with Gasteiger partial charge in [-0.3, -0.25) is 9.51 Å². The molecule has 5 aromatic rings. The van der Waals surface area contributed by atoms with Gasteiger partial charge < -0.3 is 4.74 Å². The van der Waals surface area contributed by atoms with Gasteiger partial charge in [-0.25, -0.2) is 9.48 Å². The van der Waals surface area contributed by atoms with E-state index >= 15 is 0 Å². The third-order valence-corrected chi connectivity index (χ3v) is 7.18. The molecule has 0 saturated carbocycles. The highest BCUT2D eigenvalue weighted by molar-refractivity contribution is 6.00. The molecule has 0 radical (unpaired) electrons. The molecule has 1 N–H and O–H groups in total. The van der Waals surface area contributed by atoms with E-state index in [1.165, 1.54) is 16.7 Å². The minimum absolute atomic E-state index is 0.00307. The van der Waals surface area contributed by atoms with Crippen molar-refractivity contribution in [1.29, 1.82) is 0 Å². The fourth-order valence-electron chi connectivity index (χ4n) is 5.28. The summed E-state index contributed by atoms with van der Waals surface area (Å²) in [5, 5.41) is 9.50. The highest BCUT2D eigenvalue weighted by Crippen LogP contribution is 2.36. The Morgan fingerprint density at radius 1 is 1.00 bits per heavy atom. The normalized spacial score (nSPS) is 16.6. The molecule has 7 heteroatoms. The third kappa shape index (κ3) is 5.26. The zero-order valence-electron chi connectivity index (χ0n) is 21.8. The summed E-state index contributed by atoms with van der Waals surface area (Å²) in [6.07, 6.45) is 9.72. The quantitative estimate of drug-likeness (QED) is 0.236. The van der Waals surface area contributed by atoms with Crippen molar-refractivity contribution in [3.05, 3.63) is 118 Å². The SMILES string of the molecule is CCC(=C(c1ccc(C=Cc2noc(=O)[nH]2)cc1)c1ccc2c(cnn2C2CCCCO2)c1)c1ccccc1. The van der Waals surface area contributed by atoms with E-state index in [1.807, 2.05) is 23.0 Å². The van der Waals surface area contributed by atoms with Gasteiger partial charge in [0, 0.05) is 12.0 Å². The lowest BCUT2D eigenvalue weighted by Crippen LogP contribution is -2.18. The molecule has 3 aromatic carbocycles. The molecule has 0 amide bonds. The number of allylic oxidation sites excluding steroid dienone is 1. The molecular formula is C32H30N4O3. The van der Waals surface area contributed by atoms with Crippen molar-refractivity contribution in [3.8, 4) is 0 Å². The summed E-state index contributed by atoms with van der Waals surface area (Å²) in [6, 6.07) is 25.6. The fraction of sp³-hybridized carbons (Fsp3) is 0.219. The summed E-state index contributed by atoms with van der Waals surface area (Å²) in [6.45, 7) is 2.99. The number of H-pyrrole nitrogens is 1. The van der Waals surface area contributed by atoms with Gasteiger partial charge in [0.2, 0.25) is 0 Å². The van der Waals surface area contributed by atoms with Crippen LogP contribution in [0.1, 0.15) is 66.9 Å². The van der Waals surface area contributed by atoms with Crippen molar-refractivity contribution in [2.24, 2.45) is 0 Å². The Balaban J connectivity index is 1.41. The zero-order chi connectivity index (χ0) is 26.6. The summed E-state index contributed by atoms with van der Waals surface area (Å²) >= 11 is 0. The molecule has 7 nitrogen and oxygen atoms in total. The summed E-state index contributed by atoms with van der Waals surface area (Å²) in [5.74, 6) is -0.184. The Morgan fingerprint density at radius 2 is 1.82 bits per heavy atom. The molecular weight excluding hydrogens is 488 g/mol. The smallest absolute Gasteiger partial charge is 0.356 e. The average molecular weight is 519 g/mol. The van der Waals surface area contributed by atoms with E-state index in [1.54, 1.807) is 6.08 Å². The van der Waals surface area contributed by atoms with Gasteiger partial charge in [0.15, 0.2) is 12.1 Å². The van der Waals surface area contributed by atoms with Crippen LogP contribution in [0, 0.1) is 0 Å². The second-order valence-electron chi connectivity index (χ2n) is 9.69. The van der Waals surface area contributed by atoms with Crippen molar-refractivity contribution in [2.75, 3.05) is 6.61 Å². The van der Waals surface area contributed by atoms with E-state index in [4.69, 9.17) is 9.84 Å². The number of fused-ring (bicyclic) bond motifs is 1. The number of hydrogen-bond donors (Lipinski definition) is 1. The monoisotopic (exact) mass is 518 g/mol. The van der Waals surface area contributed by atoms with Crippen LogP contribution >= 0.6 is 0 Å². The highest BCUT2D eigenvalue weighted by atomic mass is 16.5. The number of aromatic amines is 1. The molecule has 0 aliphatic carbocycles. The lowest BCUT2D eigenvalue weighted by molar-refractivity contribution is -0.0366. The Hall–Kier alpha value is -4.49. The number of nitrogens with one attached hydrogen (secondary N) is 1. The van der Waals surface area contributed by atoms with E-state index in [0.717, 1.165) is 59.9 Å². The standard InChI is InChI=1S/C32H30N4O3/c1-2-27(23-8-4-3-5-9-23)31(24-14-11-22(12-15-24)13-18-29-34-32(37)39-35-29)25-16-17-28-26(20-25)21-33-36(28)30-10-6-7-19-38-30/h3-5,8-9,11-18,20-21,30H,2,6-7,10,19H2,1H3,(H,34,35,37). The summed E-state index contributed by atoms with van der Waals surface area (Å²) in [5.41, 5.74) is 8.05. The molecule has 39 heavy (non-hydrogen) atoms. The molecule has 1 aliphatic heterocycles. The molecule has 1 unspecified atom stereocenters. The molecule has 6 rings (SSSR count). The molecule has 196 valence electrons. The van der Waals surface area contributed by atoms with Crippen LogP contribution in [-0.2, 0) is 4.74 Å². The predicted octanol–water partition coefficient (Wildman–Crippen LogP) is 6.95. The predicted molar refractivity (Wildman–Crippen MR) is 154 cm³/mol. The first-order valence-electron chi connectivity index (χ1n) is 13.4. The molecule has 2 aromatic heterocycles. The second kappa shape index (κ2) is 11.1. The van der Waals surface area contributed by atoms with Gasteiger partial charge in [0.25, 0.3) is 0 Å². The maximum absolute atomic E-state index is 11.2. The number of benzene rings is 3. The Bertz CT molecular complexity index is 1680. The van der Waals surface area contributed by atoms with Crippen molar-refractivity contribution in [1.82, 2.24) is 19.9 Å². The van der Waals surface area contributed by atoms with Crippen LogP contribution in [0.5, 0.6) is 0 Å². The number of aromatic nitrogens is 4. The molecule has 0 bridgehead atoms. The first kappa shape index (κ1) is 24.8. The Kier molecular flexibility index (Phi) is 7.06. The molecule has 1 atom stereocenters. The van der Waals surface area contributed by atoms with Crippen molar-refractivity contribution >= 4 is 34.2 Å². The van der Waals surface area contributed by atoms with E-state index in [-0.39, 0.29) is 6.23 Å². The third-order valence-electron chi connectivity index (χ3n) is 7.18. The first-order chi connectivity index (χ1) is 19.2. The summed E-state index contributed by atoms with van der Waals surface area (Å²) in [7, 11) is 0. The number of hydrogen-bond acceptors (Lipinski definition) is 5. The highest BCUT2D eigenvalue weighted by Gasteiger charge is 2.20. The fourth-order valence-corrected chi connectivity index (χ4v) is 5.28. The first-order valence-corrected chi connectivity index (χ1v) is 13.4. The lowest BCUT2D eigenvalue weighted by Gasteiger charge is -2.23. The van der Waals surface area contributed by atoms with E-state index in [0.29, 0.717) is 5.82 Å². The molecule has 3 heterocycles. The average Bonchev–Trinajstić information content (AvgIpc) is 3.61. The van der Waals surface area contributed by atoms with Gasteiger partial charge in [-0.15, -0.1) is 0 Å². The van der Waals surface area contributed by atoms with Crippen LogP contribution in [0.15, 0.2) is 88.3 Å². The summed E-state index contributed by atoms with van der Waals surface area (Å²) in [4.78, 5) is 13.7. The van der Waals surface area contributed by atoms with Gasteiger partial charge >= 0.3 is 5.76 Å². The van der Waals surface area contributed by atoms with Gasteiger partial charge in [-0.05, 0) is 77.3 Å². The molecule has 0 spiro atoms. The Labute approximate surface area is 226 Å². The van der Waals surface area contributed by atoms with Crippen molar-refractivity contribution in [3.63, 3.8) is 0 Å². The van der Waals surface area contributed by atoms with E-state index < -0.39 is 5.76 Å². The number of ether oxygens (including phenoxy) is 1. The Morgan fingerprint density at radius 3 is 2.54 bits per heavy atom. The van der Waals surface area contributed by atoms with E-state index in [2.05, 4.69) is 88.3 Å². The molecule has 1 fully saturated rings.